The van der Waals surface area contributed by atoms with Crippen LogP contribution < -0.4 is 4.90 Å². The van der Waals surface area contributed by atoms with Crippen molar-refractivity contribution in [3.63, 3.8) is 0 Å². The fraction of sp³-hybridized carbons (Fsp3) is 0.267. The molecule has 0 saturated heterocycles. The van der Waals surface area contributed by atoms with Crippen molar-refractivity contribution < 1.29 is 5.11 Å². The fourth-order valence-corrected chi connectivity index (χ4v) is 2.03. The summed E-state index contributed by atoms with van der Waals surface area (Å²) in [4.78, 5) is 6.37. The van der Waals surface area contributed by atoms with Crippen molar-refractivity contribution in [2.24, 2.45) is 0 Å². The van der Waals surface area contributed by atoms with E-state index in [0.717, 1.165) is 22.0 Å². The van der Waals surface area contributed by atoms with Crippen molar-refractivity contribution in [2.75, 3.05) is 11.9 Å². The van der Waals surface area contributed by atoms with Gasteiger partial charge in [0.25, 0.3) is 0 Å². The van der Waals surface area contributed by atoms with Crippen molar-refractivity contribution in [1.82, 2.24) is 4.98 Å². The summed E-state index contributed by atoms with van der Waals surface area (Å²) in [6.07, 6.45) is 1.21. The van der Waals surface area contributed by atoms with Crippen molar-refractivity contribution in [2.45, 2.75) is 19.6 Å². The number of hydrogen-bond acceptors (Lipinski definition) is 3. The summed E-state index contributed by atoms with van der Waals surface area (Å²) >= 11 is 6.14. The maximum absolute atomic E-state index is 9.45. The van der Waals surface area contributed by atoms with E-state index in [4.69, 9.17) is 11.6 Å². The van der Waals surface area contributed by atoms with Crippen LogP contribution in [0.5, 0.6) is 0 Å². The third-order valence-corrected chi connectivity index (χ3v) is 3.38. The van der Waals surface area contributed by atoms with E-state index in [-0.39, 0.29) is 0 Å². The molecule has 0 aliphatic carbocycles. The van der Waals surface area contributed by atoms with Gasteiger partial charge in [0.2, 0.25) is 0 Å². The second-order valence-corrected chi connectivity index (χ2v) is 4.98. The minimum Gasteiger partial charge on any atom is -0.389 e. The monoisotopic (exact) mass is 276 g/mol. The summed E-state index contributed by atoms with van der Waals surface area (Å²) in [6.45, 7) is 2.42. The van der Waals surface area contributed by atoms with Crippen LogP contribution in [-0.4, -0.2) is 17.1 Å². The van der Waals surface area contributed by atoms with Crippen molar-refractivity contribution in [3.05, 3.63) is 58.7 Å². The first-order chi connectivity index (χ1) is 9.08. The van der Waals surface area contributed by atoms with E-state index < -0.39 is 6.10 Å². The number of hydrogen-bond donors (Lipinski definition) is 1. The second kappa shape index (κ2) is 6.04. The van der Waals surface area contributed by atoms with E-state index in [1.165, 1.54) is 0 Å². The smallest absolute Gasteiger partial charge is 0.128 e. The third-order valence-electron chi connectivity index (χ3n) is 3.01. The molecule has 0 amide bonds. The Labute approximate surface area is 118 Å². The highest BCUT2D eigenvalue weighted by Gasteiger charge is 2.07. The largest absolute Gasteiger partial charge is 0.389 e. The lowest BCUT2D eigenvalue weighted by Crippen LogP contribution is -2.17. The molecule has 0 unspecified atom stereocenters. The number of benzene rings is 1. The molecule has 0 fully saturated rings. The molecule has 1 aromatic carbocycles. The molecule has 0 saturated carbocycles. The first-order valence-corrected chi connectivity index (χ1v) is 6.54. The van der Waals surface area contributed by atoms with Gasteiger partial charge in [-0.15, -0.1) is 0 Å². The summed E-state index contributed by atoms with van der Waals surface area (Å²) in [5.74, 6) is 0.851. The van der Waals surface area contributed by atoms with Crippen LogP contribution in [0.1, 0.15) is 24.2 Å². The van der Waals surface area contributed by atoms with Gasteiger partial charge in [0.05, 0.1) is 6.10 Å². The van der Waals surface area contributed by atoms with Gasteiger partial charge in [-0.25, -0.2) is 4.98 Å². The Bertz CT molecular complexity index is 540. The van der Waals surface area contributed by atoms with Crippen LogP contribution in [0.25, 0.3) is 0 Å². The molecule has 1 aromatic heterocycles. The topological polar surface area (TPSA) is 36.4 Å². The number of pyridine rings is 1. The molecule has 1 atom stereocenters. The lowest BCUT2D eigenvalue weighted by atomic mass is 10.2. The summed E-state index contributed by atoms with van der Waals surface area (Å²) in [6, 6.07) is 11.6. The van der Waals surface area contributed by atoms with Gasteiger partial charge in [-0.05, 0) is 30.2 Å². The lowest BCUT2D eigenvalue weighted by molar-refractivity contribution is 0.199. The zero-order chi connectivity index (χ0) is 13.8. The Hall–Kier alpha value is -1.58. The first-order valence-electron chi connectivity index (χ1n) is 6.16. The molecule has 100 valence electrons. The SMILES string of the molecule is C[C@H](O)c1ccc(N(C)Cc2ccccc2Cl)nc1. The maximum atomic E-state index is 9.45. The van der Waals surface area contributed by atoms with E-state index in [9.17, 15) is 5.11 Å². The zero-order valence-electron chi connectivity index (χ0n) is 11.0. The number of anilines is 1. The van der Waals surface area contributed by atoms with Crippen LogP contribution in [0.3, 0.4) is 0 Å². The zero-order valence-corrected chi connectivity index (χ0v) is 11.8. The number of rotatable bonds is 4. The molecular weight excluding hydrogens is 260 g/mol. The highest BCUT2D eigenvalue weighted by Crippen LogP contribution is 2.20. The number of halogens is 1. The number of aliphatic hydroxyl groups excluding tert-OH is 1. The van der Waals surface area contributed by atoms with Gasteiger partial charge in [-0.2, -0.15) is 0 Å². The minimum atomic E-state index is -0.490. The number of nitrogens with zero attached hydrogens (tertiary/aromatic N) is 2. The number of aliphatic hydroxyl groups is 1. The average Bonchev–Trinajstić information content (AvgIpc) is 2.41. The van der Waals surface area contributed by atoms with Gasteiger partial charge in [-0.1, -0.05) is 35.9 Å². The van der Waals surface area contributed by atoms with E-state index in [1.54, 1.807) is 13.1 Å². The summed E-state index contributed by atoms with van der Waals surface area (Å²) < 4.78 is 0. The van der Waals surface area contributed by atoms with Crippen LogP contribution in [0.4, 0.5) is 5.82 Å². The molecule has 0 spiro atoms. The lowest BCUT2D eigenvalue weighted by Gasteiger charge is -2.19. The van der Waals surface area contributed by atoms with Gasteiger partial charge in [0.15, 0.2) is 0 Å². The van der Waals surface area contributed by atoms with Crippen LogP contribution in [0, 0.1) is 0 Å². The molecule has 0 aliphatic rings. The third kappa shape index (κ3) is 3.46. The summed E-state index contributed by atoms with van der Waals surface area (Å²) in [7, 11) is 1.97. The molecule has 2 rings (SSSR count). The Balaban J connectivity index is 2.12. The van der Waals surface area contributed by atoms with Crippen molar-refractivity contribution in [3.8, 4) is 0 Å². The van der Waals surface area contributed by atoms with Gasteiger partial charge < -0.3 is 10.0 Å². The molecule has 1 heterocycles. The normalized spacial score (nSPS) is 12.2. The van der Waals surface area contributed by atoms with E-state index in [2.05, 4.69) is 4.98 Å². The standard InChI is InChI=1S/C15H17ClN2O/c1-11(19)12-7-8-15(17-9-12)18(2)10-13-5-3-4-6-14(13)16/h3-9,11,19H,10H2,1-2H3/t11-/m0/s1. The molecule has 0 bridgehead atoms. The minimum absolute atomic E-state index is 0.490. The van der Waals surface area contributed by atoms with Crippen LogP contribution in [-0.2, 0) is 6.54 Å². The quantitative estimate of drug-likeness (QED) is 0.929. The Morgan fingerprint density at radius 3 is 2.58 bits per heavy atom. The predicted molar refractivity (Wildman–Crippen MR) is 78.4 cm³/mol. The first kappa shape index (κ1) is 13.8. The Kier molecular flexibility index (Phi) is 4.40. The molecule has 4 heteroatoms. The Morgan fingerprint density at radius 1 is 1.26 bits per heavy atom. The second-order valence-electron chi connectivity index (χ2n) is 4.57. The van der Waals surface area contributed by atoms with Crippen LogP contribution >= 0.6 is 11.6 Å². The van der Waals surface area contributed by atoms with E-state index in [0.29, 0.717) is 6.54 Å². The molecule has 3 nitrogen and oxygen atoms in total. The van der Waals surface area contributed by atoms with Gasteiger partial charge in [0.1, 0.15) is 5.82 Å². The highest BCUT2D eigenvalue weighted by atomic mass is 35.5. The van der Waals surface area contributed by atoms with Crippen molar-refractivity contribution >= 4 is 17.4 Å². The fourth-order valence-electron chi connectivity index (χ4n) is 1.83. The van der Waals surface area contributed by atoms with Crippen LogP contribution in [0.15, 0.2) is 42.6 Å². The molecular formula is C15H17ClN2O. The molecule has 0 aliphatic heterocycles. The molecule has 19 heavy (non-hydrogen) atoms. The highest BCUT2D eigenvalue weighted by molar-refractivity contribution is 6.31. The van der Waals surface area contributed by atoms with Crippen LogP contribution in [0.2, 0.25) is 5.02 Å². The summed E-state index contributed by atoms with van der Waals surface area (Å²) in [5.41, 5.74) is 1.88. The predicted octanol–water partition coefficient (Wildman–Crippen LogP) is 3.42. The average molecular weight is 277 g/mol. The molecule has 0 radical (unpaired) electrons. The number of aromatic nitrogens is 1. The van der Waals surface area contributed by atoms with E-state index >= 15 is 0 Å². The van der Waals surface area contributed by atoms with E-state index in [1.807, 2.05) is 48.3 Å². The van der Waals surface area contributed by atoms with Gasteiger partial charge in [-0.3, -0.25) is 0 Å². The summed E-state index contributed by atoms with van der Waals surface area (Å²) in [5, 5.41) is 10.2. The van der Waals surface area contributed by atoms with Crippen molar-refractivity contribution in [1.29, 1.82) is 0 Å². The molecule has 2 aromatic rings. The van der Waals surface area contributed by atoms with Gasteiger partial charge in [0, 0.05) is 24.8 Å². The Morgan fingerprint density at radius 2 is 2.00 bits per heavy atom. The maximum Gasteiger partial charge on any atom is 0.128 e. The molecule has 1 N–H and O–H groups in total. The van der Waals surface area contributed by atoms with Gasteiger partial charge >= 0.3 is 0 Å².